The highest BCUT2D eigenvalue weighted by atomic mass is 35.5. The maximum atomic E-state index is 13.4. The van der Waals surface area contributed by atoms with Crippen molar-refractivity contribution in [1.82, 2.24) is 9.88 Å². The number of aliphatic hydroxyl groups excluding tert-OH is 1. The zero-order valence-corrected chi connectivity index (χ0v) is 20.1. The van der Waals surface area contributed by atoms with E-state index in [1.54, 1.807) is 11.3 Å². The number of β-amino-alcohol motifs (C(OH)–C–C–N with tert-alkyl or cyclic N) is 1. The van der Waals surface area contributed by atoms with Crippen molar-refractivity contribution in [3.63, 3.8) is 0 Å². The van der Waals surface area contributed by atoms with Gasteiger partial charge in [-0.2, -0.15) is 0 Å². The van der Waals surface area contributed by atoms with Crippen LogP contribution in [0.2, 0.25) is 5.02 Å². The van der Waals surface area contributed by atoms with Crippen LogP contribution in [0.1, 0.15) is 46.3 Å². The molecular weight excluding hydrogens is 472 g/mol. The molecule has 0 spiro atoms. The van der Waals surface area contributed by atoms with Crippen molar-refractivity contribution < 1.29 is 19.4 Å². The van der Waals surface area contributed by atoms with E-state index < -0.39 is 5.41 Å². The first-order valence-corrected chi connectivity index (χ1v) is 12.8. The van der Waals surface area contributed by atoms with Crippen LogP contribution in [0, 0.1) is 0 Å². The number of halogens is 1. The number of likely N-dealkylation sites (tertiary alicyclic amines) is 1. The zero-order valence-electron chi connectivity index (χ0n) is 18.6. The van der Waals surface area contributed by atoms with Crippen molar-refractivity contribution in [1.29, 1.82) is 0 Å². The van der Waals surface area contributed by atoms with Crippen molar-refractivity contribution in [3.8, 4) is 11.5 Å². The Morgan fingerprint density at radius 3 is 2.82 bits per heavy atom. The molecule has 0 amide bonds. The lowest BCUT2D eigenvalue weighted by Crippen LogP contribution is -2.28. The number of ether oxygens (including phenoxy) is 2. The summed E-state index contributed by atoms with van der Waals surface area (Å²) in [6, 6.07) is 13.6. The predicted octanol–water partition coefficient (Wildman–Crippen LogP) is 4.52. The highest BCUT2D eigenvalue weighted by Crippen LogP contribution is 2.51. The molecule has 2 aromatic carbocycles. The largest absolute Gasteiger partial charge is 0.454 e. The fraction of sp³-hybridized carbons (Fsp3) is 0.385. The number of Topliss-reactive ketones (excluding diaryl/α,β-unsaturated/α-hetero) is 1. The molecule has 2 aliphatic heterocycles. The summed E-state index contributed by atoms with van der Waals surface area (Å²) < 4.78 is 10.9. The van der Waals surface area contributed by atoms with E-state index in [1.807, 2.05) is 48.7 Å². The fourth-order valence-electron chi connectivity index (χ4n) is 5.12. The van der Waals surface area contributed by atoms with Crippen LogP contribution >= 0.6 is 22.9 Å². The van der Waals surface area contributed by atoms with Crippen LogP contribution in [0.4, 0.5) is 0 Å². The molecule has 0 unspecified atom stereocenters. The van der Waals surface area contributed by atoms with Gasteiger partial charge in [-0.3, -0.25) is 9.69 Å². The van der Waals surface area contributed by atoms with E-state index in [0.29, 0.717) is 23.7 Å². The molecule has 3 aliphatic rings. The van der Waals surface area contributed by atoms with E-state index in [1.165, 1.54) is 0 Å². The van der Waals surface area contributed by atoms with Gasteiger partial charge in [-0.15, -0.1) is 11.3 Å². The van der Waals surface area contributed by atoms with Gasteiger partial charge in [-0.25, -0.2) is 4.98 Å². The summed E-state index contributed by atoms with van der Waals surface area (Å²) in [5.41, 5.74) is 1.55. The molecule has 1 N–H and O–H groups in total. The van der Waals surface area contributed by atoms with Gasteiger partial charge in [0.1, 0.15) is 10.8 Å². The third-order valence-corrected chi connectivity index (χ3v) is 8.52. The summed E-state index contributed by atoms with van der Waals surface area (Å²) in [6.45, 7) is 1.61. The molecule has 8 heteroatoms. The zero-order chi connectivity index (χ0) is 23.3. The molecular formula is C26H25ClN2O4S. The molecule has 2 fully saturated rings. The van der Waals surface area contributed by atoms with E-state index in [9.17, 15) is 9.90 Å². The Labute approximate surface area is 207 Å². The van der Waals surface area contributed by atoms with Crippen molar-refractivity contribution >= 4 is 28.7 Å². The van der Waals surface area contributed by atoms with Crippen molar-refractivity contribution in [2.75, 3.05) is 19.9 Å². The molecule has 0 radical (unpaired) electrons. The Balaban J connectivity index is 1.25. The average Bonchev–Trinajstić information content (AvgIpc) is 3.13. The molecule has 3 heterocycles. The Kier molecular flexibility index (Phi) is 5.60. The summed E-state index contributed by atoms with van der Waals surface area (Å²) in [5, 5.41) is 11.7. The number of thiazole rings is 1. The van der Waals surface area contributed by atoms with Crippen LogP contribution in [0.25, 0.3) is 0 Å². The third-order valence-electron chi connectivity index (χ3n) is 7.12. The molecule has 1 saturated carbocycles. The van der Waals surface area contributed by atoms with Crippen LogP contribution in [0.3, 0.4) is 0 Å². The maximum Gasteiger partial charge on any atom is 0.231 e. The number of hydrogen-bond donors (Lipinski definition) is 1. The smallest absolute Gasteiger partial charge is 0.231 e. The first-order valence-electron chi connectivity index (χ1n) is 11.6. The quantitative estimate of drug-likeness (QED) is 0.518. The summed E-state index contributed by atoms with van der Waals surface area (Å²) in [5.74, 6) is 1.64. The van der Waals surface area contributed by atoms with Gasteiger partial charge in [0, 0.05) is 29.2 Å². The minimum Gasteiger partial charge on any atom is -0.454 e. The predicted molar refractivity (Wildman–Crippen MR) is 130 cm³/mol. The molecule has 6 rings (SSSR count). The average molecular weight is 497 g/mol. The van der Waals surface area contributed by atoms with Gasteiger partial charge >= 0.3 is 0 Å². The lowest BCUT2D eigenvalue weighted by molar-refractivity contribution is -0.120. The van der Waals surface area contributed by atoms with Crippen molar-refractivity contribution in [2.24, 2.45) is 0 Å². The normalized spacial score (nSPS) is 21.5. The van der Waals surface area contributed by atoms with E-state index in [-0.39, 0.29) is 24.7 Å². The first-order chi connectivity index (χ1) is 16.5. The number of fused-ring (bicyclic) bond motifs is 1. The molecule has 3 aromatic rings. The van der Waals surface area contributed by atoms with Gasteiger partial charge in [0.25, 0.3) is 0 Å². The molecule has 0 bridgehead atoms. The lowest BCUT2D eigenvalue weighted by Gasteiger charge is -2.27. The summed E-state index contributed by atoms with van der Waals surface area (Å²) in [4.78, 5) is 21.4. The third kappa shape index (κ3) is 3.90. The SMILES string of the molecule is O=C(Cc1ncc([C@H](c2ccccc2Cl)N2CC[C@@H](O)C2)s1)C1(c2ccc3c(c2)OCO3)CC1. The van der Waals surface area contributed by atoms with Crippen LogP contribution in [-0.4, -0.2) is 46.8 Å². The number of nitrogens with zero attached hydrogens (tertiary/aromatic N) is 2. The molecule has 1 aromatic heterocycles. The number of carbonyl (C=O) groups excluding carboxylic acids is 1. The Morgan fingerprint density at radius 2 is 2.06 bits per heavy atom. The topological polar surface area (TPSA) is 71.9 Å². The minimum atomic E-state index is -0.450. The second-order valence-corrected chi connectivity index (χ2v) is 10.8. The number of ketones is 1. The van der Waals surface area contributed by atoms with E-state index in [0.717, 1.165) is 52.6 Å². The standard InChI is InChI=1S/C26H25ClN2O4S/c27-19-4-2-1-3-18(19)25(29-10-7-17(30)14-29)22-13-28-24(34-22)12-23(31)26(8-9-26)16-5-6-20-21(11-16)33-15-32-20/h1-6,11,13,17,25,30H,7-10,12,14-15H2/t17-,25+/m1/s1. The number of benzene rings is 2. The highest BCUT2D eigenvalue weighted by molar-refractivity contribution is 7.11. The molecule has 6 nitrogen and oxygen atoms in total. The van der Waals surface area contributed by atoms with Crippen molar-refractivity contribution in [3.05, 3.63) is 74.7 Å². The minimum absolute atomic E-state index is 0.0871. The monoisotopic (exact) mass is 496 g/mol. The van der Waals surface area contributed by atoms with Crippen LogP contribution in [0.5, 0.6) is 11.5 Å². The van der Waals surface area contributed by atoms with Gasteiger partial charge < -0.3 is 14.6 Å². The number of aromatic nitrogens is 1. The molecule has 176 valence electrons. The molecule has 2 atom stereocenters. The van der Waals surface area contributed by atoms with Gasteiger partial charge in [-0.05, 0) is 48.6 Å². The number of rotatable bonds is 7. The van der Waals surface area contributed by atoms with Gasteiger partial charge in [0.05, 0.1) is 24.0 Å². The molecule has 34 heavy (non-hydrogen) atoms. The fourth-order valence-corrected chi connectivity index (χ4v) is 6.43. The number of carbonyl (C=O) groups is 1. The van der Waals surface area contributed by atoms with Crippen LogP contribution < -0.4 is 9.47 Å². The maximum absolute atomic E-state index is 13.4. The Hall–Kier alpha value is -2.45. The Morgan fingerprint density at radius 1 is 1.24 bits per heavy atom. The number of hydrogen-bond acceptors (Lipinski definition) is 7. The van der Waals surface area contributed by atoms with E-state index >= 15 is 0 Å². The highest BCUT2D eigenvalue weighted by Gasteiger charge is 2.51. The summed E-state index contributed by atoms with van der Waals surface area (Å²) >= 11 is 8.13. The second-order valence-electron chi connectivity index (χ2n) is 9.27. The van der Waals surface area contributed by atoms with Crippen molar-refractivity contribution in [2.45, 2.75) is 43.2 Å². The lowest BCUT2D eigenvalue weighted by atomic mass is 9.89. The molecule has 1 saturated heterocycles. The van der Waals surface area contributed by atoms with E-state index in [4.69, 9.17) is 21.1 Å². The van der Waals surface area contributed by atoms with Crippen LogP contribution in [0.15, 0.2) is 48.7 Å². The first kappa shape index (κ1) is 22.0. The van der Waals surface area contributed by atoms with Gasteiger partial charge in [0.15, 0.2) is 11.5 Å². The van der Waals surface area contributed by atoms with Gasteiger partial charge in [0.2, 0.25) is 6.79 Å². The molecule has 1 aliphatic carbocycles. The second kappa shape index (κ2) is 8.64. The summed E-state index contributed by atoms with van der Waals surface area (Å²) in [7, 11) is 0. The Bertz CT molecular complexity index is 1240. The number of aliphatic hydroxyl groups is 1. The van der Waals surface area contributed by atoms with Crippen LogP contribution in [-0.2, 0) is 16.6 Å². The van der Waals surface area contributed by atoms with Gasteiger partial charge in [-0.1, -0.05) is 35.9 Å². The summed E-state index contributed by atoms with van der Waals surface area (Å²) in [6.07, 6.45) is 4.26. The van der Waals surface area contributed by atoms with E-state index in [2.05, 4.69) is 9.88 Å².